The standard InChI is InChI=1S/C10H11BrO2/c1-6-5-8(3-4-9(6)11)7(2)10(12)13/h3-5,7H,1-2H3,(H,12,13). The SMILES string of the molecule is Cc1cc(C(C)C(=O)O)ccc1Br. The molecule has 0 heterocycles. The van der Waals surface area contributed by atoms with Crippen molar-refractivity contribution in [1.82, 2.24) is 0 Å². The fraction of sp³-hybridized carbons (Fsp3) is 0.300. The highest BCUT2D eigenvalue weighted by Crippen LogP contribution is 2.22. The Morgan fingerprint density at radius 3 is 2.62 bits per heavy atom. The molecule has 1 N–H and O–H groups in total. The van der Waals surface area contributed by atoms with E-state index in [0.717, 1.165) is 15.6 Å². The average Bonchev–Trinajstić information content (AvgIpc) is 2.08. The number of carboxylic acids is 1. The number of aliphatic carboxylic acids is 1. The molecular weight excluding hydrogens is 232 g/mol. The molecule has 0 amide bonds. The first-order valence-electron chi connectivity index (χ1n) is 4.01. The topological polar surface area (TPSA) is 37.3 Å². The van der Waals surface area contributed by atoms with Crippen LogP contribution in [0.1, 0.15) is 24.0 Å². The number of carbonyl (C=O) groups is 1. The Balaban J connectivity index is 3.03. The van der Waals surface area contributed by atoms with Crippen LogP contribution >= 0.6 is 15.9 Å². The van der Waals surface area contributed by atoms with Crippen LogP contribution in [0.4, 0.5) is 0 Å². The average molecular weight is 243 g/mol. The molecule has 0 spiro atoms. The molecule has 0 bridgehead atoms. The zero-order valence-corrected chi connectivity index (χ0v) is 9.13. The lowest BCUT2D eigenvalue weighted by molar-refractivity contribution is -0.138. The van der Waals surface area contributed by atoms with E-state index in [9.17, 15) is 4.79 Å². The molecule has 0 aliphatic carbocycles. The van der Waals surface area contributed by atoms with Gasteiger partial charge in [-0.05, 0) is 31.0 Å². The number of hydrogen-bond donors (Lipinski definition) is 1. The highest BCUT2D eigenvalue weighted by molar-refractivity contribution is 9.10. The largest absolute Gasteiger partial charge is 0.481 e. The normalized spacial score (nSPS) is 12.5. The van der Waals surface area contributed by atoms with Crippen LogP contribution < -0.4 is 0 Å². The van der Waals surface area contributed by atoms with E-state index < -0.39 is 11.9 Å². The Bertz CT molecular complexity index is 334. The molecule has 1 atom stereocenters. The van der Waals surface area contributed by atoms with Gasteiger partial charge in [-0.25, -0.2) is 0 Å². The van der Waals surface area contributed by atoms with Crippen LogP contribution in [-0.2, 0) is 4.79 Å². The van der Waals surface area contributed by atoms with Crippen molar-refractivity contribution in [2.75, 3.05) is 0 Å². The summed E-state index contributed by atoms with van der Waals surface area (Å²) in [5, 5.41) is 8.78. The van der Waals surface area contributed by atoms with Crippen LogP contribution in [0.25, 0.3) is 0 Å². The number of benzene rings is 1. The first-order valence-corrected chi connectivity index (χ1v) is 4.80. The van der Waals surface area contributed by atoms with Crippen molar-refractivity contribution in [2.45, 2.75) is 19.8 Å². The van der Waals surface area contributed by atoms with Crippen molar-refractivity contribution in [3.05, 3.63) is 33.8 Å². The van der Waals surface area contributed by atoms with E-state index in [0.29, 0.717) is 0 Å². The zero-order chi connectivity index (χ0) is 10.0. The van der Waals surface area contributed by atoms with E-state index in [1.807, 2.05) is 25.1 Å². The molecule has 1 aromatic carbocycles. The number of aryl methyl sites for hydroxylation is 1. The fourth-order valence-corrected chi connectivity index (χ4v) is 1.33. The summed E-state index contributed by atoms with van der Waals surface area (Å²) in [6, 6.07) is 5.60. The number of hydrogen-bond acceptors (Lipinski definition) is 1. The quantitative estimate of drug-likeness (QED) is 0.866. The van der Waals surface area contributed by atoms with Crippen LogP contribution in [0.3, 0.4) is 0 Å². The monoisotopic (exact) mass is 242 g/mol. The lowest BCUT2D eigenvalue weighted by Crippen LogP contribution is -2.07. The molecule has 0 saturated carbocycles. The summed E-state index contributed by atoms with van der Waals surface area (Å²) in [5.41, 5.74) is 1.90. The molecule has 1 aromatic rings. The molecule has 1 unspecified atom stereocenters. The predicted octanol–water partition coefficient (Wildman–Crippen LogP) is 2.95. The van der Waals surface area contributed by atoms with Gasteiger partial charge in [-0.2, -0.15) is 0 Å². The third-order valence-electron chi connectivity index (χ3n) is 2.05. The zero-order valence-electron chi connectivity index (χ0n) is 7.54. The molecule has 0 aromatic heterocycles. The van der Waals surface area contributed by atoms with E-state index >= 15 is 0 Å². The molecule has 13 heavy (non-hydrogen) atoms. The Labute approximate surface area is 85.7 Å². The maximum Gasteiger partial charge on any atom is 0.310 e. The van der Waals surface area contributed by atoms with E-state index in [-0.39, 0.29) is 0 Å². The summed E-state index contributed by atoms with van der Waals surface area (Å²) >= 11 is 3.37. The van der Waals surface area contributed by atoms with Gasteiger partial charge in [-0.15, -0.1) is 0 Å². The minimum absolute atomic E-state index is 0.438. The second kappa shape index (κ2) is 3.92. The molecule has 0 fully saturated rings. The summed E-state index contributed by atoms with van der Waals surface area (Å²) in [4.78, 5) is 10.7. The summed E-state index contributed by atoms with van der Waals surface area (Å²) in [7, 11) is 0. The summed E-state index contributed by atoms with van der Waals surface area (Å²) in [5.74, 6) is -1.23. The molecule has 0 saturated heterocycles. The van der Waals surface area contributed by atoms with Crippen LogP contribution in [-0.4, -0.2) is 11.1 Å². The summed E-state index contributed by atoms with van der Waals surface area (Å²) in [6.07, 6.45) is 0. The maximum absolute atomic E-state index is 10.7. The number of carboxylic acid groups (broad SMARTS) is 1. The lowest BCUT2D eigenvalue weighted by atomic mass is 10.00. The highest BCUT2D eigenvalue weighted by atomic mass is 79.9. The minimum atomic E-state index is -0.790. The predicted molar refractivity (Wildman–Crippen MR) is 54.9 cm³/mol. The molecule has 2 nitrogen and oxygen atoms in total. The van der Waals surface area contributed by atoms with Gasteiger partial charge in [0.05, 0.1) is 5.92 Å². The van der Waals surface area contributed by atoms with Crippen LogP contribution in [0.15, 0.2) is 22.7 Å². The summed E-state index contributed by atoms with van der Waals surface area (Å²) < 4.78 is 1.01. The first-order chi connectivity index (χ1) is 6.02. The van der Waals surface area contributed by atoms with Crippen molar-refractivity contribution in [2.24, 2.45) is 0 Å². The van der Waals surface area contributed by atoms with E-state index in [1.165, 1.54) is 0 Å². The maximum atomic E-state index is 10.7. The minimum Gasteiger partial charge on any atom is -0.481 e. The van der Waals surface area contributed by atoms with Crippen LogP contribution in [0, 0.1) is 6.92 Å². The Morgan fingerprint density at radius 1 is 1.54 bits per heavy atom. The van der Waals surface area contributed by atoms with Gasteiger partial charge in [0.15, 0.2) is 0 Å². The molecule has 0 radical (unpaired) electrons. The van der Waals surface area contributed by atoms with Gasteiger partial charge < -0.3 is 5.11 Å². The lowest BCUT2D eigenvalue weighted by Gasteiger charge is -2.07. The van der Waals surface area contributed by atoms with E-state index in [2.05, 4.69) is 15.9 Å². The molecule has 0 aliphatic heterocycles. The third kappa shape index (κ3) is 2.31. The second-order valence-electron chi connectivity index (χ2n) is 3.07. The van der Waals surface area contributed by atoms with Crippen LogP contribution in [0.2, 0.25) is 0 Å². The van der Waals surface area contributed by atoms with Crippen molar-refractivity contribution >= 4 is 21.9 Å². The van der Waals surface area contributed by atoms with Gasteiger partial charge in [-0.3, -0.25) is 4.79 Å². The molecule has 70 valence electrons. The van der Waals surface area contributed by atoms with E-state index in [1.54, 1.807) is 6.92 Å². The van der Waals surface area contributed by atoms with Gasteiger partial charge in [0.1, 0.15) is 0 Å². The second-order valence-corrected chi connectivity index (χ2v) is 3.92. The Hall–Kier alpha value is -0.830. The fourth-order valence-electron chi connectivity index (χ4n) is 1.08. The third-order valence-corrected chi connectivity index (χ3v) is 2.94. The highest BCUT2D eigenvalue weighted by Gasteiger charge is 2.13. The van der Waals surface area contributed by atoms with Gasteiger partial charge >= 0.3 is 5.97 Å². The van der Waals surface area contributed by atoms with Crippen molar-refractivity contribution in [1.29, 1.82) is 0 Å². The molecule has 1 rings (SSSR count). The van der Waals surface area contributed by atoms with Crippen molar-refractivity contribution in [3.63, 3.8) is 0 Å². The first kappa shape index (κ1) is 10.3. The number of halogens is 1. The van der Waals surface area contributed by atoms with Gasteiger partial charge in [0, 0.05) is 4.47 Å². The van der Waals surface area contributed by atoms with Crippen LogP contribution in [0.5, 0.6) is 0 Å². The molecular formula is C10H11BrO2. The molecule has 0 aliphatic rings. The molecule has 3 heteroatoms. The Kier molecular flexibility index (Phi) is 3.09. The number of rotatable bonds is 2. The summed E-state index contributed by atoms with van der Waals surface area (Å²) in [6.45, 7) is 3.63. The van der Waals surface area contributed by atoms with Crippen molar-refractivity contribution < 1.29 is 9.90 Å². The van der Waals surface area contributed by atoms with Gasteiger partial charge in [0.25, 0.3) is 0 Å². The van der Waals surface area contributed by atoms with Gasteiger partial charge in [-0.1, -0.05) is 28.1 Å². The smallest absolute Gasteiger partial charge is 0.310 e. The van der Waals surface area contributed by atoms with Crippen molar-refractivity contribution in [3.8, 4) is 0 Å². The Morgan fingerprint density at radius 2 is 2.15 bits per heavy atom. The van der Waals surface area contributed by atoms with E-state index in [4.69, 9.17) is 5.11 Å². The van der Waals surface area contributed by atoms with Gasteiger partial charge in [0.2, 0.25) is 0 Å².